The Morgan fingerprint density at radius 1 is 1.38 bits per heavy atom. The predicted octanol–water partition coefficient (Wildman–Crippen LogP) is 1.57. The fraction of sp³-hybridized carbons (Fsp3) is 0.600. The molecule has 0 saturated carbocycles. The molecule has 0 aromatic carbocycles. The first-order chi connectivity index (χ1) is 7.83. The average Bonchev–Trinajstić information content (AvgIpc) is 2.57. The van der Waals surface area contributed by atoms with E-state index in [9.17, 15) is 5.11 Å². The maximum absolute atomic E-state index is 9.30. The van der Waals surface area contributed by atoms with Gasteiger partial charge in [0.15, 0.2) is 0 Å². The van der Waals surface area contributed by atoms with E-state index in [1.807, 2.05) is 11.8 Å². The van der Waals surface area contributed by atoms with Gasteiger partial charge >= 0.3 is 0 Å². The van der Waals surface area contributed by atoms with Crippen LogP contribution in [0.25, 0.3) is 0 Å². The van der Waals surface area contributed by atoms with Crippen LogP contribution in [-0.4, -0.2) is 39.7 Å². The van der Waals surface area contributed by atoms with E-state index in [2.05, 4.69) is 14.9 Å². The van der Waals surface area contributed by atoms with E-state index >= 15 is 0 Å². The Morgan fingerprint density at radius 3 is 3.06 bits per heavy atom. The summed E-state index contributed by atoms with van der Waals surface area (Å²) in [6.07, 6.45) is 2.59. The van der Waals surface area contributed by atoms with Crippen molar-refractivity contribution in [2.45, 2.75) is 13.0 Å². The zero-order valence-electron chi connectivity index (χ0n) is 8.90. The van der Waals surface area contributed by atoms with Gasteiger partial charge in [-0.05, 0) is 12.2 Å². The maximum Gasteiger partial charge on any atom is 0.140 e. The van der Waals surface area contributed by atoms with Crippen LogP contribution >= 0.6 is 23.4 Å². The number of rotatable bonds is 2. The van der Waals surface area contributed by atoms with E-state index in [0.29, 0.717) is 10.7 Å². The van der Waals surface area contributed by atoms with Crippen LogP contribution in [0, 0.1) is 0 Å². The van der Waals surface area contributed by atoms with Crippen LogP contribution in [0.5, 0.6) is 0 Å². The number of aliphatic hydroxyl groups excluding tert-OH is 1. The Labute approximate surface area is 104 Å². The van der Waals surface area contributed by atoms with Gasteiger partial charge in [-0.25, -0.2) is 9.97 Å². The van der Waals surface area contributed by atoms with E-state index in [-0.39, 0.29) is 6.61 Å². The minimum atomic E-state index is -0.112. The first kappa shape index (κ1) is 12.0. The number of nitrogens with zero attached hydrogens (tertiary/aromatic N) is 3. The average molecular weight is 260 g/mol. The molecule has 1 N–H and O–H groups in total. The lowest BCUT2D eigenvalue weighted by molar-refractivity contribution is 0.281. The Balaban J connectivity index is 2.27. The van der Waals surface area contributed by atoms with Crippen LogP contribution in [-0.2, 0) is 6.61 Å². The molecule has 1 aromatic heterocycles. The van der Waals surface area contributed by atoms with Gasteiger partial charge in [0.1, 0.15) is 17.3 Å². The molecular formula is C10H14ClN3OS. The minimum Gasteiger partial charge on any atom is -0.391 e. The lowest BCUT2D eigenvalue weighted by Crippen LogP contribution is -2.27. The number of anilines is 1. The summed E-state index contributed by atoms with van der Waals surface area (Å²) in [6, 6.07) is 0. The van der Waals surface area contributed by atoms with E-state index in [1.54, 1.807) is 0 Å². The van der Waals surface area contributed by atoms with Crippen molar-refractivity contribution >= 4 is 29.2 Å². The highest BCUT2D eigenvalue weighted by molar-refractivity contribution is 7.99. The standard InChI is InChI=1S/C10H14ClN3OS/c11-9-8(6-15)10(13-7-12-9)14-2-1-4-16-5-3-14/h7,15H,1-6H2. The first-order valence-electron chi connectivity index (χ1n) is 5.26. The summed E-state index contributed by atoms with van der Waals surface area (Å²) in [5.41, 5.74) is 0.635. The molecule has 16 heavy (non-hydrogen) atoms. The largest absolute Gasteiger partial charge is 0.391 e. The Hall–Kier alpha value is -0.520. The Morgan fingerprint density at radius 2 is 2.25 bits per heavy atom. The summed E-state index contributed by atoms with van der Waals surface area (Å²) < 4.78 is 0. The zero-order valence-corrected chi connectivity index (χ0v) is 10.5. The van der Waals surface area contributed by atoms with Crippen LogP contribution in [0.4, 0.5) is 5.82 Å². The molecule has 0 spiro atoms. The van der Waals surface area contributed by atoms with E-state index < -0.39 is 0 Å². The lowest BCUT2D eigenvalue weighted by atomic mass is 10.3. The number of aliphatic hydroxyl groups is 1. The van der Waals surface area contributed by atoms with Crippen molar-refractivity contribution in [1.29, 1.82) is 0 Å². The Bertz CT molecular complexity index is 356. The molecule has 1 aliphatic heterocycles. The van der Waals surface area contributed by atoms with Gasteiger partial charge in [-0.3, -0.25) is 0 Å². The summed E-state index contributed by atoms with van der Waals surface area (Å²) in [6.45, 7) is 1.80. The summed E-state index contributed by atoms with van der Waals surface area (Å²) in [7, 11) is 0. The third-order valence-corrected chi connectivity index (χ3v) is 3.92. The number of hydrogen-bond donors (Lipinski definition) is 1. The highest BCUT2D eigenvalue weighted by Gasteiger charge is 2.17. The first-order valence-corrected chi connectivity index (χ1v) is 6.79. The molecule has 4 nitrogen and oxygen atoms in total. The molecule has 2 heterocycles. The molecule has 6 heteroatoms. The third-order valence-electron chi connectivity index (χ3n) is 2.55. The molecule has 0 radical (unpaired) electrons. The van der Waals surface area contributed by atoms with E-state index in [1.165, 1.54) is 12.1 Å². The van der Waals surface area contributed by atoms with Gasteiger partial charge in [-0.1, -0.05) is 11.6 Å². The molecule has 0 unspecified atom stereocenters. The van der Waals surface area contributed by atoms with E-state index in [0.717, 1.165) is 31.1 Å². The molecule has 0 bridgehead atoms. The van der Waals surface area contributed by atoms with Crippen LogP contribution < -0.4 is 4.90 Å². The molecule has 1 aromatic rings. The van der Waals surface area contributed by atoms with Gasteiger partial charge in [-0.2, -0.15) is 11.8 Å². The second-order valence-corrected chi connectivity index (χ2v) is 5.16. The molecule has 1 fully saturated rings. The normalized spacial score (nSPS) is 17.2. The lowest BCUT2D eigenvalue weighted by Gasteiger charge is -2.23. The van der Waals surface area contributed by atoms with Gasteiger partial charge in [0.2, 0.25) is 0 Å². The molecule has 2 rings (SSSR count). The summed E-state index contributed by atoms with van der Waals surface area (Å²) >= 11 is 7.90. The van der Waals surface area contributed by atoms with Gasteiger partial charge in [0.05, 0.1) is 12.2 Å². The summed E-state index contributed by atoms with van der Waals surface area (Å²) in [5, 5.41) is 9.66. The van der Waals surface area contributed by atoms with Crippen molar-refractivity contribution in [2.75, 3.05) is 29.5 Å². The number of halogens is 1. The van der Waals surface area contributed by atoms with Crippen molar-refractivity contribution in [2.24, 2.45) is 0 Å². The SMILES string of the molecule is OCc1c(Cl)ncnc1N1CCCSCC1. The molecule has 88 valence electrons. The molecule has 1 saturated heterocycles. The fourth-order valence-corrected chi connectivity index (χ4v) is 2.82. The van der Waals surface area contributed by atoms with Crippen molar-refractivity contribution in [3.8, 4) is 0 Å². The van der Waals surface area contributed by atoms with Crippen molar-refractivity contribution < 1.29 is 5.11 Å². The third kappa shape index (κ3) is 2.59. The quantitative estimate of drug-likeness (QED) is 0.817. The van der Waals surface area contributed by atoms with Crippen LogP contribution in [0.3, 0.4) is 0 Å². The molecule has 0 atom stereocenters. The predicted molar refractivity (Wildman–Crippen MR) is 67.1 cm³/mol. The molecule has 1 aliphatic rings. The maximum atomic E-state index is 9.30. The number of aromatic nitrogens is 2. The van der Waals surface area contributed by atoms with E-state index in [4.69, 9.17) is 11.6 Å². The summed E-state index contributed by atoms with van der Waals surface area (Å²) in [5.74, 6) is 3.06. The second-order valence-electron chi connectivity index (χ2n) is 3.58. The minimum absolute atomic E-state index is 0.112. The fourth-order valence-electron chi connectivity index (χ4n) is 1.75. The number of thioether (sulfide) groups is 1. The highest BCUT2D eigenvalue weighted by atomic mass is 35.5. The van der Waals surface area contributed by atoms with Gasteiger partial charge in [0, 0.05) is 18.8 Å². The second kappa shape index (κ2) is 5.70. The molecule has 0 amide bonds. The van der Waals surface area contributed by atoms with Gasteiger partial charge in [0.25, 0.3) is 0 Å². The zero-order chi connectivity index (χ0) is 11.4. The summed E-state index contributed by atoms with van der Waals surface area (Å²) in [4.78, 5) is 10.3. The van der Waals surface area contributed by atoms with Gasteiger partial charge < -0.3 is 10.0 Å². The monoisotopic (exact) mass is 259 g/mol. The topological polar surface area (TPSA) is 49.3 Å². The van der Waals surface area contributed by atoms with Crippen molar-refractivity contribution in [1.82, 2.24) is 9.97 Å². The van der Waals surface area contributed by atoms with Crippen LogP contribution in [0.2, 0.25) is 5.15 Å². The van der Waals surface area contributed by atoms with Crippen molar-refractivity contribution in [3.05, 3.63) is 17.0 Å². The highest BCUT2D eigenvalue weighted by Crippen LogP contribution is 2.25. The van der Waals surface area contributed by atoms with Crippen LogP contribution in [0.1, 0.15) is 12.0 Å². The smallest absolute Gasteiger partial charge is 0.140 e. The molecular weight excluding hydrogens is 246 g/mol. The number of hydrogen-bond acceptors (Lipinski definition) is 5. The van der Waals surface area contributed by atoms with Crippen LogP contribution in [0.15, 0.2) is 6.33 Å². The Kier molecular flexibility index (Phi) is 4.26. The van der Waals surface area contributed by atoms with Gasteiger partial charge in [-0.15, -0.1) is 0 Å². The van der Waals surface area contributed by atoms with Crippen molar-refractivity contribution in [3.63, 3.8) is 0 Å². The molecule has 0 aliphatic carbocycles.